The van der Waals surface area contributed by atoms with Gasteiger partial charge >= 0.3 is 0 Å². The maximum absolute atomic E-state index is 12.2. The van der Waals surface area contributed by atoms with Gasteiger partial charge < -0.3 is 19.4 Å². The molecule has 0 atom stereocenters. The molecule has 0 fully saturated rings. The standard InChI is InChI=1S/C18H22N6O3S/c1-5-27-13-8-6-12(7-9-13)19-15(25)11-28-18-21-20-16(24(18)3)14-10-23(2)22-17(14)26-4/h6-10H,5,11H2,1-4H3,(H,19,25). The van der Waals surface area contributed by atoms with E-state index < -0.39 is 0 Å². The fourth-order valence-corrected chi connectivity index (χ4v) is 3.29. The molecule has 10 heteroatoms. The number of nitrogens with one attached hydrogen (secondary N) is 1. The number of carbonyl (C=O) groups is 1. The number of methoxy groups -OCH3 is 1. The van der Waals surface area contributed by atoms with Gasteiger partial charge in [-0.15, -0.1) is 15.3 Å². The van der Waals surface area contributed by atoms with Crippen LogP contribution in [0.25, 0.3) is 11.4 Å². The Morgan fingerprint density at radius 1 is 1.21 bits per heavy atom. The summed E-state index contributed by atoms with van der Waals surface area (Å²) in [5.41, 5.74) is 1.46. The Bertz CT molecular complexity index is 951. The lowest BCUT2D eigenvalue weighted by molar-refractivity contribution is -0.113. The van der Waals surface area contributed by atoms with E-state index in [0.717, 1.165) is 11.3 Å². The molecule has 0 unspecified atom stereocenters. The van der Waals surface area contributed by atoms with Gasteiger partial charge in [0, 0.05) is 26.0 Å². The van der Waals surface area contributed by atoms with Crippen molar-refractivity contribution in [1.29, 1.82) is 0 Å². The van der Waals surface area contributed by atoms with E-state index in [2.05, 4.69) is 20.6 Å². The van der Waals surface area contributed by atoms with Crippen LogP contribution < -0.4 is 14.8 Å². The van der Waals surface area contributed by atoms with E-state index in [9.17, 15) is 4.79 Å². The average molecular weight is 402 g/mol. The summed E-state index contributed by atoms with van der Waals surface area (Å²) in [6.07, 6.45) is 1.82. The fourth-order valence-electron chi connectivity index (χ4n) is 2.58. The SMILES string of the molecule is CCOc1ccc(NC(=O)CSc2nnc(-c3cn(C)nc3OC)n2C)cc1. The van der Waals surface area contributed by atoms with Crippen LogP contribution in [0.3, 0.4) is 0 Å². The first-order chi connectivity index (χ1) is 13.5. The van der Waals surface area contributed by atoms with Crippen LogP contribution in [0.2, 0.25) is 0 Å². The molecule has 9 nitrogen and oxygen atoms in total. The number of aromatic nitrogens is 5. The largest absolute Gasteiger partial charge is 0.494 e. The molecular formula is C18H22N6O3S. The lowest BCUT2D eigenvalue weighted by atomic mass is 10.3. The van der Waals surface area contributed by atoms with E-state index >= 15 is 0 Å². The van der Waals surface area contributed by atoms with Crippen LogP contribution in [0.4, 0.5) is 5.69 Å². The molecule has 28 heavy (non-hydrogen) atoms. The first kappa shape index (κ1) is 19.7. The molecule has 0 aliphatic carbocycles. The summed E-state index contributed by atoms with van der Waals surface area (Å²) >= 11 is 1.31. The van der Waals surface area contributed by atoms with Gasteiger partial charge in [0.1, 0.15) is 11.3 Å². The molecule has 2 aromatic heterocycles. The van der Waals surface area contributed by atoms with Gasteiger partial charge in [0.05, 0.1) is 19.5 Å². The number of nitrogens with zero attached hydrogens (tertiary/aromatic N) is 5. The maximum Gasteiger partial charge on any atom is 0.243 e. The predicted octanol–water partition coefficient (Wildman–Crippen LogP) is 2.35. The van der Waals surface area contributed by atoms with E-state index in [1.54, 1.807) is 11.8 Å². The zero-order valence-corrected chi connectivity index (χ0v) is 17.0. The maximum atomic E-state index is 12.2. The summed E-state index contributed by atoms with van der Waals surface area (Å²) in [5, 5.41) is 16.1. The summed E-state index contributed by atoms with van der Waals surface area (Å²) in [6, 6.07) is 7.26. The Morgan fingerprint density at radius 2 is 1.96 bits per heavy atom. The normalized spacial score (nSPS) is 10.7. The molecule has 2 heterocycles. The number of ether oxygens (including phenoxy) is 2. The second-order valence-corrected chi connectivity index (χ2v) is 6.83. The van der Waals surface area contributed by atoms with E-state index in [4.69, 9.17) is 9.47 Å². The van der Waals surface area contributed by atoms with Crippen molar-refractivity contribution >= 4 is 23.4 Å². The summed E-state index contributed by atoms with van der Waals surface area (Å²) in [5.74, 6) is 1.95. The van der Waals surface area contributed by atoms with Crippen LogP contribution in [0.5, 0.6) is 11.6 Å². The van der Waals surface area contributed by atoms with Crippen LogP contribution in [-0.4, -0.2) is 49.9 Å². The highest BCUT2D eigenvalue weighted by Gasteiger charge is 2.18. The van der Waals surface area contributed by atoms with Gasteiger partial charge in [0.15, 0.2) is 11.0 Å². The Kier molecular flexibility index (Phi) is 6.19. The van der Waals surface area contributed by atoms with Crippen LogP contribution in [0.15, 0.2) is 35.6 Å². The van der Waals surface area contributed by atoms with Crippen LogP contribution in [0.1, 0.15) is 6.92 Å². The van der Waals surface area contributed by atoms with Crippen molar-refractivity contribution < 1.29 is 14.3 Å². The van der Waals surface area contributed by atoms with Gasteiger partial charge in [-0.2, -0.15) is 0 Å². The third-order valence-electron chi connectivity index (χ3n) is 3.85. The number of benzene rings is 1. The number of thioether (sulfide) groups is 1. The van der Waals surface area contributed by atoms with Crippen molar-refractivity contribution in [3.05, 3.63) is 30.5 Å². The minimum Gasteiger partial charge on any atom is -0.494 e. The monoisotopic (exact) mass is 402 g/mol. The van der Waals surface area contributed by atoms with Gasteiger partial charge in [-0.3, -0.25) is 9.48 Å². The van der Waals surface area contributed by atoms with Crippen molar-refractivity contribution in [2.24, 2.45) is 14.1 Å². The highest BCUT2D eigenvalue weighted by atomic mass is 32.2. The van der Waals surface area contributed by atoms with Gasteiger partial charge in [-0.05, 0) is 31.2 Å². The molecule has 1 amide bonds. The Balaban J connectivity index is 1.61. The number of carbonyl (C=O) groups excluding carboxylic acids is 1. The number of hydrogen-bond donors (Lipinski definition) is 1. The first-order valence-electron chi connectivity index (χ1n) is 8.64. The molecule has 0 saturated carbocycles. The number of anilines is 1. The minimum atomic E-state index is -0.127. The number of hydrogen-bond acceptors (Lipinski definition) is 7. The van der Waals surface area contributed by atoms with E-state index in [1.165, 1.54) is 11.8 Å². The van der Waals surface area contributed by atoms with Crippen molar-refractivity contribution in [2.45, 2.75) is 12.1 Å². The molecular weight excluding hydrogens is 380 g/mol. The average Bonchev–Trinajstić information content (AvgIpc) is 3.23. The lowest BCUT2D eigenvalue weighted by Crippen LogP contribution is -2.14. The quantitative estimate of drug-likeness (QED) is 0.578. The van der Waals surface area contributed by atoms with Gasteiger partial charge in [-0.1, -0.05) is 11.8 Å². The van der Waals surface area contributed by atoms with E-state index in [1.807, 2.05) is 56.0 Å². The molecule has 0 aliphatic heterocycles. The smallest absolute Gasteiger partial charge is 0.243 e. The minimum absolute atomic E-state index is 0.127. The Hall–Kier alpha value is -3.01. The van der Waals surface area contributed by atoms with Crippen LogP contribution >= 0.6 is 11.8 Å². The highest BCUT2D eigenvalue weighted by Crippen LogP contribution is 2.29. The number of rotatable bonds is 8. The molecule has 3 aromatic rings. The van der Waals surface area contributed by atoms with Crippen LogP contribution in [0, 0.1) is 0 Å². The second kappa shape index (κ2) is 8.79. The number of amides is 1. The lowest BCUT2D eigenvalue weighted by Gasteiger charge is -2.07. The molecule has 0 aliphatic rings. The predicted molar refractivity (Wildman–Crippen MR) is 107 cm³/mol. The highest BCUT2D eigenvalue weighted by molar-refractivity contribution is 7.99. The zero-order chi connectivity index (χ0) is 20.1. The van der Waals surface area contributed by atoms with Gasteiger partial charge in [0.25, 0.3) is 0 Å². The molecule has 1 aromatic carbocycles. The summed E-state index contributed by atoms with van der Waals surface area (Å²) < 4.78 is 14.1. The summed E-state index contributed by atoms with van der Waals surface area (Å²) in [6.45, 7) is 2.53. The van der Waals surface area contributed by atoms with E-state index in [0.29, 0.717) is 29.2 Å². The third-order valence-corrected chi connectivity index (χ3v) is 4.87. The molecule has 0 bridgehead atoms. The van der Waals surface area contributed by atoms with Crippen molar-refractivity contribution in [1.82, 2.24) is 24.5 Å². The molecule has 0 saturated heterocycles. The van der Waals surface area contributed by atoms with Gasteiger partial charge in [-0.25, -0.2) is 0 Å². The van der Waals surface area contributed by atoms with Crippen molar-refractivity contribution in [3.63, 3.8) is 0 Å². The number of aryl methyl sites for hydroxylation is 1. The summed E-state index contributed by atoms with van der Waals surface area (Å²) in [7, 11) is 5.21. The zero-order valence-electron chi connectivity index (χ0n) is 16.2. The topological polar surface area (TPSA) is 96.1 Å². The fraction of sp³-hybridized carbons (Fsp3) is 0.333. The molecule has 0 radical (unpaired) electrons. The second-order valence-electron chi connectivity index (χ2n) is 5.89. The molecule has 3 rings (SSSR count). The van der Waals surface area contributed by atoms with Crippen molar-refractivity contribution in [2.75, 3.05) is 24.8 Å². The molecule has 0 spiro atoms. The van der Waals surface area contributed by atoms with Crippen molar-refractivity contribution in [3.8, 4) is 23.0 Å². The first-order valence-corrected chi connectivity index (χ1v) is 9.63. The third kappa shape index (κ3) is 4.45. The summed E-state index contributed by atoms with van der Waals surface area (Å²) in [4.78, 5) is 12.2. The Labute approximate surface area is 167 Å². The van der Waals surface area contributed by atoms with Gasteiger partial charge in [0.2, 0.25) is 11.8 Å². The molecule has 1 N–H and O–H groups in total. The molecule has 148 valence electrons. The van der Waals surface area contributed by atoms with E-state index in [-0.39, 0.29) is 11.7 Å². The Morgan fingerprint density at radius 3 is 2.64 bits per heavy atom. The van der Waals surface area contributed by atoms with Crippen LogP contribution in [-0.2, 0) is 18.9 Å².